The number of nitrogens with zero attached hydrogens (tertiary/aromatic N) is 1. The third-order valence-corrected chi connectivity index (χ3v) is 6.13. The van der Waals surface area contributed by atoms with Crippen molar-refractivity contribution in [1.82, 2.24) is 5.32 Å². The smallest absolute Gasteiger partial charge is 0.258 e. The lowest BCUT2D eigenvalue weighted by atomic mass is 9.89. The number of nitriles is 1. The van der Waals surface area contributed by atoms with Crippen LogP contribution < -0.4 is 10.6 Å². The number of carbonyl (C=O) groups excluding carboxylic acids is 1. The van der Waals surface area contributed by atoms with E-state index in [1.54, 1.807) is 23.5 Å². The molecule has 0 radical (unpaired) electrons. The molecular weight excluding hydrogens is 386 g/mol. The average molecular weight is 404 g/mol. The van der Waals surface area contributed by atoms with Crippen LogP contribution in [0.5, 0.6) is 0 Å². The molecule has 26 heavy (non-hydrogen) atoms. The minimum absolute atomic E-state index is 0.162. The predicted octanol–water partition coefficient (Wildman–Crippen LogP) is 4.83. The number of hydrogen-bond donors (Lipinski definition) is 2. The van der Waals surface area contributed by atoms with E-state index in [-0.39, 0.29) is 11.0 Å². The van der Waals surface area contributed by atoms with Gasteiger partial charge in [0, 0.05) is 4.88 Å². The quantitative estimate of drug-likeness (QED) is 0.704. The van der Waals surface area contributed by atoms with E-state index in [9.17, 15) is 10.1 Å². The van der Waals surface area contributed by atoms with Crippen LogP contribution in [0.1, 0.15) is 45.3 Å². The van der Waals surface area contributed by atoms with Gasteiger partial charge in [-0.25, -0.2) is 0 Å². The van der Waals surface area contributed by atoms with Crippen LogP contribution in [0.25, 0.3) is 0 Å². The van der Waals surface area contributed by atoms with Crippen molar-refractivity contribution < 1.29 is 4.79 Å². The van der Waals surface area contributed by atoms with Crippen LogP contribution in [0.2, 0.25) is 5.02 Å². The van der Waals surface area contributed by atoms with E-state index >= 15 is 0 Å². The number of anilines is 1. The molecule has 7 heteroatoms. The summed E-state index contributed by atoms with van der Waals surface area (Å²) in [5.41, 5.74) is 3.10. The summed E-state index contributed by atoms with van der Waals surface area (Å²) in [7, 11) is 0. The number of rotatable bonds is 2. The minimum Gasteiger partial charge on any atom is -0.323 e. The fourth-order valence-corrected chi connectivity index (χ4v) is 5.01. The highest BCUT2D eigenvalue weighted by Gasteiger charge is 2.24. The highest BCUT2D eigenvalue weighted by molar-refractivity contribution is 7.80. The Bertz CT molecular complexity index is 930. The summed E-state index contributed by atoms with van der Waals surface area (Å²) >= 11 is 12.9. The van der Waals surface area contributed by atoms with Gasteiger partial charge in [0.15, 0.2) is 5.11 Å². The molecule has 1 amide bonds. The zero-order valence-corrected chi connectivity index (χ0v) is 16.9. The molecule has 1 aliphatic rings. The number of thiophene rings is 1. The summed E-state index contributed by atoms with van der Waals surface area (Å²) in [5, 5.41) is 16.4. The molecule has 134 valence electrons. The minimum atomic E-state index is -0.374. The van der Waals surface area contributed by atoms with Crippen molar-refractivity contribution in [2.75, 3.05) is 5.32 Å². The van der Waals surface area contributed by atoms with Crippen LogP contribution in [0.4, 0.5) is 5.00 Å². The van der Waals surface area contributed by atoms with Crippen LogP contribution in [0.3, 0.4) is 0 Å². The van der Waals surface area contributed by atoms with Gasteiger partial charge in [-0.1, -0.05) is 24.6 Å². The lowest BCUT2D eigenvalue weighted by Crippen LogP contribution is -2.34. The van der Waals surface area contributed by atoms with Crippen molar-refractivity contribution in [3.8, 4) is 6.07 Å². The average Bonchev–Trinajstić information content (AvgIpc) is 2.90. The Labute approximate surface area is 167 Å². The molecule has 1 atom stereocenters. The molecule has 0 bridgehead atoms. The Morgan fingerprint density at radius 3 is 2.92 bits per heavy atom. The molecule has 0 saturated heterocycles. The Morgan fingerprint density at radius 2 is 2.23 bits per heavy atom. The number of fused-ring (bicyclic) bond motifs is 1. The van der Waals surface area contributed by atoms with Crippen LogP contribution in [-0.2, 0) is 12.8 Å². The van der Waals surface area contributed by atoms with Gasteiger partial charge in [-0.15, -0.1) is 11.3 Å². The van der Waals surface area contributed by atoms with E-state index < -0.39 is 0 Å². The molecule has 2 N–H and O–H groups in total. The second kappa shape index (κ2) is 7.75. The molecule has 1 aliphatic carbocycles. The van der Waals surface area contributed by atoms with Gasteiger partial charge in [-0.2, -0.15) is 5.26 Å². The van der Waals surface area contributed by atoms with Gasteiger partial charge in [0.2, 0.25) is 0 Å². The second-order valence-corrected chi connectivity index (χ2v) is 8.48. The lowest BCUT2D eigenvalue weighted by molar-refractivity contribution is 0.0978. The maximum Gasteiger partial charge on any atom is 0.258 e. The number of hydrogen-bond acceptors (Lipinski definition) is 4. The van der Waals surface area contributed by atoms with Crippen LogP contribution >= 0.6 is 35.2 Å². The maximum absolute atomic E-state index is 12.4. The Kier molecular flexibility index (Phi) is 5.61. The number of halogens is 1. The van der Waals surface area contributed by atoms with Gasteiger partial charge in [-0.3, -0.25) is 10.1 Å². The molecular formula is C19H18ClN3OS2. The van der Waals surface area contributed by atoms with Gasteiger partial charge in [-0.05, 0) is 67.6 Å². The first-order chi connectivity index (χ1) is 12.4. The number of thiocarbonyl (C=S) groups is 1. The van der Waals surface area contributed by atoms with E-state index in [0.717, 1.165) is 30.4 Å². The fraction of sp³-hybridized carbons (Fsp3) is 0.316. The van der Waals surface area contributed by atoms with Gasteiger partial charge < -0.3 is 5.32 Å². The molecule has 3 rings (SSSR count). The number of benzene rings is 1. The SMILES string of the molecule is Cc1ccc(C(=O)NC(=S)Nc2sc3c(c2C#N)CCC(C)C3)c(Cl)c1. The normalized spacial score (nSPS) is 15.7. The van der Waals surface area contributed by atoms with E-state index in [4.69, 9.17) is 23.8 Å². The van der Waals surface area contributed by atoms with Gasteiger partial charge in [0.05, 0.1) is 16.1 Å². The van der Waals surface area contributed by atoms with Crippen LogP contribution in [-0.4, -0.2) is 11.0 Å². The highest BCUT2D eigenvalue weighted by Crippen LogP contribution is 2.39. The molecule has 4 nitrogen and oxygen atoms in total. The third-order valence-electron chi connectivity index (χ3n) is 4.45. The van der Waals surface area contributed by atoms with Crippen molar-refractivity contribution >= 4 is 51.2 Å². The van der Waals surface area contributed by atoms with E-state index in [1.165, 1.54) is 4.88 Å². The number of nitrogens with one attached hydrogen (secondary N) is 2. The zero-order chi connectivity index (χ0) is 18.8. The molecule has 1 heterocycles. The summed E-state index contributed by atoms with van der Waals surface area (Å²) < 4.78 is 0. The number of aryl methyl sites for hydroxylation is 1. The zero-order valence-electron chi connectivity index (χ0n) is 14.5. The van der Waals surface area contributed by atoms with Crippen LogP contribution in [0, 0.1) is 24.2 Å². The lowest BCUT2D eigenvalue weighted by Gasteiger charge is -2.17. The van der Waals surface area contributed by atoms with E-state index in [0.29, 0.717) is 27.1 Å². The largest absolute Gasteiger partial charge is 0.323 e. The summed E-state index contributed by atoms with van der Waals surface area (Å²) in [6.45, 7) is 4.13. The van der Waals surface area contributed by atoms with E-state index in [2.05, 4.69) is 23.6 Å². The van der Waals surface area contributed by atoms with Crippen molar-refractivity contribution in [2.45, 2.75) is 33.1 Å². The number of amides is 1. The Balaban J connectivity index is 1.74. The van der Waals surface area contributed by atoms with Crippen molar-refractivity contribution in [3.05, 3.63) is 50.4 Å². The molecule has 0 spiro atoms. The molecule has 1 unspecified atom stereocenters. The summed E-state index contributed by atoms with van der Waals surface area (Å²) in [5.74, 6) is 0.247. The van der Waals surface area contributed by atoms with Gasteiger partial charge in [0.25, 0.3) is 5.91 Å². The predicted molar refractivity (Wildman–Crippen MR) is 110 cm³/mol. The van der Waals surface area contributed by atoms with Crippen molar-refractivity contribution in [1.29, 1.82) is 5.26 Å². The second-order valence-electron chi connectivity index (χ2n) is 6.56. The van der Waals surface area contributed by atoms with Gasteiger partial charge in [0.1, 0.15) is 11.1 Å². The summed E-state index contributed by atoms with van der Waals surface area (Å²) in [6.07, 6.45) is 2.98. The molecule has 1 aromatic carbocycles. The monoisotopic (exact) mass is 403 g/mol. The van der Waals surface area contributed by atoms with E-state index in [1.807, 2.05) is 13.0 Å². The van der Waals surface area contributed by atoms with Crippen LogP contribution in [0.15, 0.2) is 18.2 Å². The first kappa shape index (κ1) is 18.8. The highest BCUT2D eigenvalue weighted by atomic mass is 35.5. The third kappa shape index (κ3) is 3.90. The summed E-state index contributed by atoms with van der Waals surface area (Å²) in [4.78, 5) is 13.6. The molecule has 0 fully saturated rings. The molecule has 0 saturated carbocycles. The standard InChI is InChI=1S/C19H18ClN3OS2/c1-10-4-6-13(15(20)7-10)17(24)22-19(25)23-18-14(9-21)12-5-3-11(2)8-16(12)26-18/h4,6-7,11H,3,5,8H2,1-2H3,(H2,22,23,24,25). The molecule has 2 aromatic rings. The Hall–Kier alpha value is -1.94. The fourth-order valence-electron chi connectivity index (χ4n) is 3.07. The van der Waals surface area contributed by atoms with Crippen molar-refractivity contribution in [3.63, 3.8) is 0 Å². The maximum atomic E-state index is 12.4. The van der Waals surface area contributed by atoms with Crippen molar-refractivity contribution in [2.24, 2.45) is 5.92 Å². The topological polar surface area (TPSA) is 64.9 Å². The van der Waals surface area contributed by atoms with Gasteiger partial charge >= 0.3 is 0 Å². The molecule has 1 aromatic heterocycles. The summed E-state index contributed by atoms with van der Waals surface area (Å²) in [6, 6.07) is 7.50. The Morgan fingerprint density at radius 1 is 1.46 bits per heavy atom. The first-order valence-electron chi connectivity index (χ1n) is 8.32. The molecule has 0 aliphatic heterocycles. The first-order valence-corrected chi connectivity index (χ1v) is 9.92. The number of carbonyl (C=O) groups is 1.